The molecule has 0 bridgehead atoms. The second kappa shape index (κ2) is 9.08. The lowest BCUT2D eigenvalue weighted by Gasteiger charge is -2.24. The van der Waals surface area contributed by atoms with Gasteiger partial charge < -0.3 is 0 Å². The standard InChI is InChI=1S/C44H33B/c1-43(2)37-15-9-7-11-29(37)31-20-17-26(23-39(31)43)41-33-13-5-6-14-34(33)42(36-25-28(45)19-22-35(36)41)27-18-21-32-30-12-8-10-16-38(30)44(3,4)40(32)24-27/h5-25H,1-4H3. The Hall–Kier alpha value is -4.88. The van der Waals surface area contributed by atoms with Crippen molar-refractivity contribution < 1.29 is 0 Å². The molecule has 7 aromatic rings. The van der Waals surface area contributed by atoms with E-state index in [1.165, 1.54) is 88.3 Å². The summed E-state index contributed by atoms with van der Waals surface area (Å²) in [5, 5.41) is 4.94. The van der Waals surface area contributed by atoms with E-state index in [1.54, 1.807) is 0 Å². The minimum atomic E-state index is -0.0681. The fraction of sp³-hybridized carbons (Fsp3) is 0.136. The SMILES string of the molecule is [B]c1ccc2c(-c3ccc4c(c3)C(C)(C)c3ccccc3-4)c3ccccc3c(-c3ccc4c(c3)C(C)(C)c3ccccc3-4)c2c1. The number of fused-ring (bicyclic) bond motifs is 8. The molecule has 0 saturated carbocycles. The summed E-state index contributed by atoms with van der Waals surface area (Å²) in [4.78, 5) is 0. The van der Waals surface area contributed by atoms with E-state index in [4.69, 9.17) is 7.85 Å². The van der Waals surface area contributed by atoms with Gasteiger partial charge in [-0.05, 0) is 100 Å². The topological polar surface area (TPSA) is 0 Å². The van der Waals surface area contributed by atoms with Gasteiger partial charge in [0.25, 0.3) is 0 Å². The quantitative estimate of drug-likeness (QED) is 0.143. The van der Waals surface area contributed by atoms with Gasteiger partial charge in [-0.25, -0.2) is 0 Å². The summed E-state index contributed by atoms with van der Waals surface area (Å²) >= 11 is 0. The molecule has 2 aliphatic carbocycles. The Labute approximate surface area is 266 Å². The number of hydrogen-bond acceptors (Lipinski definition) is 0. The van der Waals surface area contributed by atoms with Gasteiger partial charge in [0.05, 0.1) is 0 Å². The zero-order valence-electron chi connectivity index (χ0n) is 26.2. The summed E-state index contributed by atoms with van der Waals surface area (Å²) < 4.78 is 0. The van der Waals surface area contributed by atoms with Gasteiger partial charge in [0.2, 0.25) is 0 Å². The van der Waals surface area contributed by atoms with E-state index in [2.05, 4.69) is 155 Å². The molecule has 0 unspecified atom stereocenters. The molecule has 0 atom stereocenters. The van der Waals surface area contributed by atoms with Crippen molar-refractivity contribution in [1.82, 2.24) is 0 Å². The van der Waals surface area contributed by atoms with Gasteiger partial charge >= 0.3 is 0 Å². The molecule has 0 aromatic heterocycles. The van der Waals surface area contributed by atoms with Gasteiger partial charge in [-0.1, -0.05) is 148 Å². The Morgan fingerprint density at radius 2 is 0.800 bits per heavy atom. The van der Waals surface area contributed by atoms with Crippen molar-refractivity contribution >= 4 is 34.9 Å². The molecule has 0 spiro atoms. The summed E-state index contributed by atoms with van der Waals surface area (Å²) in [5.41, 5.74) is 16.6. The van der Waals surface area contributed by atoms with Crippen LogP contribution >= 0.6 is 0 Å². The van der Waals surface area contributed by atoms with E-state index in [1.807, 2.05) is 0 Å². The van der Waals surface area contributed by atoms with E-state index >= 15 is 0 Å². The van der Waals surface area contributed by atoms with Crippen LogP contribution in [0.2, 0.25) is 0 Å². The van der Waals surface area contributed by atoms with Crippen molar-refractivity contribution in [3.8, 4) is 44.5 Å². The van der Waals surface area contributed by atoms with Crippen LogP contribution < -0.4 is 5.46 Å². The highest BCUT2D eigenvalue weighted by Crippen LogP contribution is 2.53. The Bertz CT molecular complexity index is 2390. The molecule has 0 fully saturated rings. The van der Waals surface area contributed by atoms with E-state index in [0.717, 1.165) is 5.46 Å². The lowest BCUT2D eigenvalue weighted by Crippen LogP contribution is -2.15. The maximum Gasteiger partial charge on any atom is 0.113 e. The molecule has 7 aromatic carbocycles. The Morgan fingerprint density at radius 1 is 0.378 bits per heavy atom. The van der Waals surface area contributed by atoms with Gasteiger partial charge in [0.15, 0.2) is 0 Å². The normalized spacial score (nSPS) is 15.1. The molecule has 0 saturated heterocycles. The zero-order chi connectivity index (χ0) is 30.7. The van der Waals surface area contributed by atoms with Gasteiger partial charge in [0.1, 0.15) is 7.85 Å². The number of benzene rings is 7. The molecule has 0 amide bonds. The van der Waals surface area contributed by atoms with E-state index in [0.29, 0.717) is 0 Å². The second-order valence-electron chi connectivity index (χ2n) is 14.0. The van der Waals surface area contributed by atoms with Crippen molar-refractivity contribution in [1.29, 1.82) is 0 Å². The van der Waals surface area contributed by atoms with Crippen LogP contribution in [0.5, 0.6) is 0 Å². The molecule has 0 N–H and O–H groups in total. The van der Waals surface area contributed by atoms with Crippen molar-refractivity contribution in [2.24, 2.45) is 0 Å². The molecule has 0 nitrogen and oxygen atoms in total. The largest absolute Gasteiger partial charge is 0.113 e. The van der Waals surface area contributed by atoms with Crippen LogP contribution in [0.15, 0.2) is 127 Å². The van der Waals surface area contributed by atoms with Gasteiger partial charge in [-0.15, -0.1) is 0 Å². The van der Waals surface area contributed by atoms with Crippen LogP contribution in [-0.2, 0) is 10.8 Å². The van der Waals surface area contributed by atoms with Crippen LogP contribution in [0, 0.1) is 0 Å². The van der Waals surface area contributed by atoms with Crippen LogP contribution in [0.1, 0.15) is 49.9 Å². The van der Waals surface area contributed by atoms with E-state index in [9.17, 15) is 0 Å². The summed E-state index contributed by atoms with van der Waals surface area (Å²) in [7, 11) is 6.55. The fourth-order valence-electron chi connectivity index (χ4n) is 8.54. The summed E-state index contributed by atoms with van der Waals surface area (Å²) in [6.45, 7) is 9.42. The van der Waals surface area contributed by atoms with Gasteiger partial charge in [-0.2, -0.15) is 0 Å². The van der Waals surface area contributed by atoms with Gasteiger partial charge in [0, 0.05) is 10.8 Å². The molecule has 45 heavy (non-hydrogen) atoms. The highest BCUT2D eigenvalue weighted by Gasteiger charge is 2.37. The first-order valence-electron chi connectivity index (χ1n) is 16.0. The van der Waals surface area contributed by atoms with Crippen molar-refractivity contribution in [3.05, 3.63) is 150 Å². The molecule has 0 heterocycles. The summed E-state index contributed by atoms with van der Waals surface area (Å²) in [5.74, 6) is 0. The first kappa shape index (κ1) is 26.5. The zero-order valence-corrected chi connectivity index (χ0v) is 26.2. The first-order chi connectivity index (χ1) is 21.7. The smallest absolute Gasteiger partial charge is 0.0960 e. The molecule has 2 aliphatic rings. The molecular formula is C44H33B. The minimum absolute atomic E-state index is 0.0628. The third-order valence-corrected chi connectivity index (χ3v) is 10.8. The Balaban J connectivity index is 1.32. The molecule has 1 heteroatoms. The summed E-state index contributed by atoms with van der Waals surface area (Å²) in [6, 6.07) is 47.3. The van der Waals surface area contributed by atoms with Gasteiger partial charge in [-0.3, -0.25) is 0 Å². The van der Waals surface area contributed by atoms with Crippen molar-refractivity contribution in [2.75, 3.05) is 0 Å². The fourth-order valence-corrected chi connectivity index (χ4v) is 8.54. The monoisotopic (exact) mass is 572 g/mol. The highest BCUT2D eigenvalue weighted by molar-refractivity contribution is 6.34. The molecule has 9 rings (SSSR count). The molecular weight excluding hydrogens is 539 g/mol. The predicted octanol–water partition coefficient (Wildman–Crippen LogP) is 10.7. The lowest BCUT2D eigenvalue weighted by atomic mass is 9.79. The molecule has 2 radical (unpaired) electrons. The van der Waals surface area contributed by atoms with Crippen LogP contribution in [0.3, 0.4) is 0 Å². The third kappa shape index (κ3) is 3.56. The maximum atomic E-state index is 6.55. The highest BCUT2D eigenvalue weighted by atomic mass is 14.4. The number of hydrogen-bond donors (Lipinski definition) is 0. The number of rotatable bonds is 2. The lowest BCUT2D eigenvalue weighted by molar-refractivity contribution is 0.660. The predicted molar refractivity (Wildman–Crippen MR) is 193 cm³/mol. The minimum Gasteiger partial charge on any atom is -0.0960 e. The van der Waals surface area contributed by atoms with Crippen LogP contribution in [-0.4, -0.2) is 7.85 Å². The Kier molecular flexibility index (Phi) is 5.35. The van der Waals surface area contributed by atoms with Crippen molar-refractivity contribution in [3.63, 3.8) is 0 Å². The Morgan fingerprint density at radius 3 is 1.33 bits per heavy atom. The van der Waals surface area contributed by atoms with Crippen LogP contribution in [0.4, 0.5) is 0 Å². The van der Waals surface area contributed by atoms with E-state index in [-0.39, 0.29) is 10.8 Å². The average Bonchev–Trinajstić information content (AvgIpc) is 3.43. The third-order valence-electron chi connectivity index (χ3n) is 10.8. The molecule has 212 valence electrons. The van der Waals surface area contributed by atoms with Crippen molar-refractivity contribution in [2.45, 2.75) is 38.5 Å². The van der Waals surface area contributed by atoms with Crippen LogP contribution in [0.25, 0.3) is 66.1 Å². The molecule has 0 aliphatic heterocycles. The maximum absolute atomic E-state index is 6.55. The van der Waals surface area contributed by atoms with E-state index < -0.39 is 0 Å². The average molecular weight is 573 g/mol. The summed E-state index contributed by atoms with van der Waals surface area (Å²) in [6.07, 6.45) is 0. The second-order valence-corrected chi connectivity index (χ2v) is 14.0. The first-order valence-corrected chi connectivity index (χ1v) is 16.0.